The molecule has 4 rings (SSSR count). The van der Waals surface area contributed by atoms with Crippen LogP contribution in [0.1, 0.15) is 105 Å². The first-order valence-electron chi connectivity index (χ1n) is 13.9. The quantitative estimate of drug-likeness (QED) is 0.301. The maximum absolute atomic E-state index is 11.5. The normalized spacial score (nSPS) is 42.8. The minimum Gasteiger partial charge on any atom is -0.411 e. The van der Waals surface area contributed by atoms with Crippen LogP contribution in [0.3, 0.4) is 0 Å². The van der Waals surface area contributed by atoms with Gasteiger partial charge in [-0.1, -0.05) is 59.0 Å². The number of rotatable bonds is 6. The molecule has 6 heteroatoms. The number of carbonyl (C=O) groups excluding carboxylic acids is 1. The van der Waals surface area contributed by atoms with Gasteiger partial charge in [0.2, 0.25) is 0 Å². The standard InChI is InChI=1S/C28H48N4O2/c1-17(2)7-6-8-18(3)21-9-10-22-20-16-25(30-31-26(29)33)24-15-19(32-34)11-13-28(24,5)23(20)12-14-27(21,22)4/h17-18,20-24,34H,6-16H2,1-5H3,(H3,29,31,33)/b30-25-,32-19+/t18-,20+,21-,22+,23+,24?,27-,28-/m1/s1. The Hall–Kier alpha value is -1.59. The van der Waals surface area contributed by atoms with Gasteiger partial charge in [-0.3, -0.25) is 0 Å². The summed E-state index contributed by atoms with van der Waals surface area (Å²) in [6.07, 6.45) is 13.0. The van der Waals surface area contributed by atoms with E-state index in [1.807, 2.05) is 0 Å². The van der Waals surface area contributed by atoms with E-state index in [1.165, 1.54) is 44.9 Å². The van der Waals surface area contributed by atoms with Crippen molar-refractivity contribution in [3.63, 3.8) is 0 Å². The summed E-state index contributed by atoms with van der Waals surface area (Å²) < 4.78 is 0. The summed E-state index contributed by atoms with van der Waals surface area (Å²) in [5.74, 6) is 4.65. The average molecular weight is 473 g/mol. The summed E-state index contributed by atoms with van der Waals surface area (Å²) in [6, 6.07) is -0.604. The van der Waals surface area contributed by atoms with Gasteiger partial charge in [0.05, 0.1) is 5.71 Å². The highest BCUT2D eigenvalue weighted by molar-refractivity contribution is 5.96. The van der Waals surface area contributed by atoms with Gasteiger partial charge >= 0.3 is 6.03 Å². The monoisotopic (exact) mass is 472 g/mol. The number of nitrogens with one attached hydrogen (secondary N) is 1. The first kappa shape index (κ1) is 25.5. The molecule has 0 saturated heterocycles. The van der Waals surface area contributed by atoms with Gasteiger partial charge in [0.15, 0.2) is 0 Å². The maximum Gasteiger partial charge on any atom is 0.332 e. The van der Waals surface area contributed by atoms with E-state index in [2.05, 4.69) is 50.3 Å². The number of carbonyl (C=O) groups is 1. The molecule has 0 bridgehead atoms. The Kier molecular flexibility index (Phi) is 7.36. The van der Waals surface area contributed by atoms with Crippen LogP contribution in [-0.4, -0.2) is 22.7 Å². The fraction of sp³-hybridized carbons (Fsp3) is 0.893. The highest BCUT2D eigenvalue weighted by Gasteiger charge is 2.61. The SMILES string of the molecule is CC(C)CCC[C@@H](C)[C@H]1CC[C@H]2[C@@H]3C/C(=N/NC(N)=O)C4C/C(=N/O)CC[C@]4(C)[C@H]3CC[C@]12C. The molecule has 0 aromatic carbocycles. The van der Waals surface area contributed by atoms with Crippen LogP contribution >= 0.6 is 0 Å². The van der Waals surface area contributed by atoms with Crippen molar-refractivity contribution in [1.82, 2.24) is 5.43 Å². The largest absolute Gasteiger partial charge is 0.411 e. The molecule has 6 nitrogen and oxygen atoms in total. The Morgan fingerprint density at radius 1 is 1.09 bits per heavy atom. The van der Waals surface area contributed by atoms with Gasteiger partial charge in [0, 0.05) is 11.6 Å². The summed E-state index contributed by atoms with van der Waals surface area (Å²) in [6.45, 7) is 12.2. The van der Waals surface area contributed by atoms with Crippen LogP contribution in [-0.2, 0) is 0 Å². The maximum atomic E-state index is 11.5. The van der Waals surface area contributed by atoms with Crippen molar-refractivity contribution >= 4 is 17.5 Å². The smallest absolute Gasteiger partial charge is 0.332 e. The van der Waals surface area contributed by atoms with Gasteiger partial charge in [0.25, 0.3) is 0 Å². The highest BCUT2D eigenvalue weighted by Crippen LogP contribution is 2.67. The van der Waals surface area contributed by atoms with E-state index in [4.69, 9.17) is 5.73 Å². The lowest BCUT2D eigenvalue weighted by molar-refractivity contribution is -0.0727. The fourth-order valence-corrected chi connectivity index (χ4v) is 9.24. The van der Waals surface area contributed by atoms with Gasteiger partial charge in [-0.15, -0.1) is 0 Å². The molecule has 0 aromatic rings. The third kappa shape index (κ3) is 4.51. The second-order valence-corrected chi connectivity index (χ2v) is 13.1. The second kappa shape index (κ2) is 9.81. The Morgan fingerprint density at radius 3 is 2.50 bits per heavy atom. The van der Waals surface area contributed by atoms with E-state index in [9.17, 15) is 10.0 Å². The first-order valence-corrected chi connectivity index (χ1v) is 13.9. The number of primary amides is 1. The van der Waals surface area contributed by atoms with Gasteiger partial charge in [-0.2, -0.15) is 5.10 Å². The molecule has 4 N–H and O–H groups in total. The molecule has 0 heterocycles. The van der Waals surface area contributed by atoms with Crippen molar-refractivity contribution < 1.29 is 10.0 Å². The molecule has 4 saturated carbocycles. The second-order valence-electron chi connectivity index (χ2n) is 13.1. The number of nitrogens with two attached hydrogens (primary N) is 1. The Labute approximate surface area is 206 Å². The van der Waals surface area contributed by atoms with Crippen LogP contribution in [0.25, 0.3) is 0 Å². The number of urea groups is 1. The topological polar surface area (TPSA) is 100 Å². The summed E-state index contributed by atoms with van der Waals surface area (Å²) in [5.41, 5.74) is 10.4. The number of hydrogen-bond acceptors (Lipinski definition) is 4. The molecule has 4 aliphatic rings. The van der Waals surface area contributed by atoms with Crippen molar-refractivity contribution in [2.45, 2.75) is 105 Å². The first-order chi connectivity index (χ1) is 16.1. The van der Waals surface area contributed by atoms with Gasteiger partial charge in [-0.05, 0) is 97.7 Å². The predicted octanol–water partition coefficient (Wildman–Crippen LogP) is 6.57. The number of amides is 2. The lowest BCUT2D eigenvalue weighted by Gasteiger charge is -2.60. The van der Waals surface area contributed by atoms with Crippen molar-refractivity contribution in [3.05, 3.63) is 0 Å². The van der Waals surface area contributed by atoms with E-state index < -0.39 is 6.03 Å². The Bertz CT molecular complexity index is 823. The van der Waals surface area contributed by atoms with Crippen LogP contribution in [0.15, 0.2) is 10.3 Å². The Balaban J connectivity index is 1.58. The summed E-state index contributed by atoms with van der Waals surface area (Å²) in [7, 11) is 0. The lowest BCUT2D eigenvalue weighted by atomic mass is 9.44. The van der Waals surface area contributed by atoms with Crippen LogP contribution < -0.4 is 11.2 Å². The zero-order valence-corrected chi connectivity index (χ0v) is 22.1. The number of hydrogen-bond donors (Lipinski definition) is 3. The average Bonchev–Trinajstić information content (AvgIpc) is 3.14. The molecule has 34 heavy (non-hydrogen) atoms. The van der Waals surface area contributed by atoms with Gasteiger partial charge in [0.1, 0.15) is 0 Å². The van der Waals surface area contributed by atoms with E-state index in [1.54, 1.807) is 0 Å². The van der Waals surface area contributed by atoms with Crippen LogP contribution in [0.2, 0.25) is 0 Å². The van der Waals surface area contributed by atoms with Gasteiger partial charge < -0.3 is 10.9 Å². The zero-order chi connectivity index (χ0) is 24.7. The predicted molar refractivity (Wildman–Crippen MR) is 138 cm³/mol. The van der Waals surface area contributed by atoms with E-state index in [0.717, 1.165) is 60.8 Å². The molecular formula is C28H48N4O2. The number of nitrogens with zero attached hydrogens (tertiary/aromatic N) is 2. The molecule has 1 unspecified atom stereocenters. The van der Waals surface area contributed by atoms with Gasteiger partial charge in [-0.25, -0.2) is 10.2 Å². The van der Waals surface area contributed by atoms with E-state index in [-0.39, 0.29) is 11.3 Å². The molecule has 4 aliphatic carbocycles. The van der Waals surface area contributed by atoms with Crippen molar-refractivity contribution in [2.75, 3.05) is 0 Å². The molecule has 8 atom stereocenters. The zero-order valence-electron chi connectivity index (χ0n) is 22.1. The van der Waals surface area contributed by atoms with Crippen molar-refractivity contribution in [1.29, 1.82) is 0 Å². The highest BCUT2D eigenvalue weighted by atomic mass is 16.4. The molecule has 2 amide bonds. The third-order valence-electron chi connectivity index (χ3n) is 11.0. The number of hydrazone groups is 1. The molecule has 0 radical (unpaired) electrons. The van der Waals surface area contributed by atoms with Crippen molar-refractivity contribution in [2.24, 2.45) is 68.2 Å². The molecule has 192 valence electrons. The van der Waals surface area contributed by atoms with Crippen LogP contribution in [0.4, 0.5) is 4.79 Å². The Morgan fingerprint density at radius 2 is 1.82 bits per heavy atom. The fourth-order valence-electron chi connectivity index (χ4n) is 9.24. The van der Waals surface area contributed by atoms with Crippen molar-refractivity contribution in [3.8, 4) is 0 Å². The summed E-state index contributed by atoms with van der Waals surface area (Å²) >= 11 is 0. The van der Waals surface area contributed by atoms with Crippen LogP contribution in [0.5, 0.6) is 0 Å². The van der Waals surface area contributed by atoms with E-state index >= 15 is 0 Å². The number of fused-ring (bicyclic) bond motifs is 5. The van der Waals surface area contributed by atoms with E-state index in [0.29, 0.717) is 17.3 Å². The molecule has 0 aromatic heterocycles. The summed E-state index contributed by atoms with van der Waals surface area (Å²) in [5, 5.41) is 17.6. The lowest BCUT2D eigenvalue weighted by Crippen LogP contribution is -2.57. The van der Waals surface area contributed by atoms with Crippen LogP contribution in [0, 0.1) is 52.3 Å². The summed E-state index contributed by atoms with van der Waals surface area (Å²) in [4.78, 5) is 11.5. The molecule has 4 fully saturated rings. The minimum atomic E-state index is -0.604. The number of oxime groups is 1. The minimum absolute atomic E-state index is 0.136. The molecular weight excluding hydrogens is 424 g/mol. The molecule has 0 spiro atoms. The molecule has 0 aliphatic heterocycles. The third-order valence-corrected chi connectivity index (χ3v) is 11.0.